The SMILES string of the molecule is CCN(CC)C(=O)c1ccnc(C(=O)Nc2ccccc2OC(C)C)c1. The Morgan fingerprint density at radius 3 is 2.50 bits per heavy atom. The number of ether oxygens (including phenoxy) is 1. The van der Waals surface area contributed by atoms with Crippen molar-refractivity contribution in [3.63, 3.8) is 0 Å². The third kappa shape index (κ3) is 4.81. The fourth-order valence-corrected chi connectivity index (χ4v) is 2.49. The summed E-state index contributed by atoms with van der Waals surface area (Å²) in [7, 11) is 0. The van der Waals surface area contributed by atoms with Crippen LogP contribution in [0.5, 0.6) is 5.75 Å². The van der Waals surface area contributed by atoms with Gasteiger partial charge < -0.3 is 15.0 Å². The maximum absolute atomic E-state index is 12.6. The summed E-state index contributed by atoms with van der Waals surface area (Å²) >= 11 is 0. The Hall–Kier alpha value is -2.89. The molecule has 26 heavy (non-hydrogen) atoms. The van der Waals surface area contributed by atoms with Crippen LogP contribution < -0.4 is 10.1 Å². The number of pyridine rings is 1. The molecule has 1 aromatic heterocycles. The molecule has 0 atom stereocenters. The summed E-state index contributed by atoms with van der Waals surface area (Å²) in [4.78, 5) is 30.8. The van der Waals surface area contributed by atoms with Gasteiger partial charge in [-0.3, -0.25) is 14.6 Å². The van der Waals surface area contributed by atoms with E-state index >= 15 is 0 Å². The number of hydrogen-bond donors (Lipinski definition) is 1. The lowest BCUT2D eigenvalue weighted by Gasteiger charge is -2.18. The fraction of sp³-hybridized carbons (Fsp3) is 0.350. The highest BCUT2D eigenvalue weighted by atomic mass is 16.5. The van der Waals surface area contributed by atoms with Gasteiger partial charge in [0.2, 0.25) is 0 Å². The van der Waals surface area contributed by atoms with Crippen molar-refractivity contribution >= 4 is 17.5 Å². The summed E-state index contributed by atoms with van der Waals surface area (Å²) in [5.41, 5.74) is 1.19. The van der Waals surface area contributed by atoms with Crippen LogP contribution in [0.2, 0.25) is 0 Å². The fourth-order valence-electron chi connectivity index (χ4n) is 2.49. The van der Waals surface area contributed by atoms with Crippen LogP contribution in [0.3, 0.4) is 0 Å². The summed E-state index contributed by atoms with van der Waals surface area (Å²) in [6.07, 6.45) is 1.46. The molecule has 138 valence electrons. The molecule has 0 fully saturated rings. The van der Waals surface area contributed by atoms with E-state index in [2.05, 4.69) is 10.3 Å². The van der Waals surface area contributed by atoms with Gasteiger partial charge in [-0.05, 0) is 52.0 Å². The molecule has 0 aliphatic heterocycles. The molecule has 6 heteroatoms. The molecular weight excluding hydrogens is 330 g/mol. The third-order valence-electron chi connectivity index (χ3n) is 3.79. The minimum absolute atomic E-state index is 0.0128. The highest BCUT2D eigenvalue weighted by Crippen LogP contribution is 2.25. The number of carbonyl (C=O) groups is 2. The van der Waals surface area contributed by atoms with Crippen LogP contribution in [-0.4, -0.2) is 40.9 Å². The zero-order valence-electron chi connectivity index (χ0n) is 15.7. The number of amides is 2. The van der Waals surface area contributed by atoms with E-state index in [4.69, 9.17) is 4.74 Å². The minimum atomic E-state index is -0.390. The van der Waals surface area contributed by atoms with Crippen molar-refractivity contribution in [1.29, 1.82) is 0 Å². The maximum atomic E-state index is 12.6. The first kappa shape index (κ1) is 19.4. The van der Waals surface area contributed by atoms with Crippen molar-refractivity contribution in [2.24, 2.45) is 0 Å². The Bertz CT molecular complexity index is 770. The van der Waals surface area contributed by atoms with Crippen molar-refractivity contribution in [2.45, 2.75) is 33.8 Å². The van der Waals surface area contributed by atoms with Crippen LogP contribution in [0, 0.1) is 0 Å². The standard InChI is InChI=1S/C20H25N3O3/c1-5-23(6-2)20(25)15-11-12-21-17(13-15)19(24)22-16-9-7-8-10-18(16)26-14(3)4/h7-14H,5-6H2,1-4H3,(H,22,24). The minimum Gasteiger partial charge on any atom is -0.489 e. The third-order valence-corrected chi connectivity index (χ3v) is 3.79. The highest BCUT2D eigenvalue weighted by molar-refractivity contribution is 6.05. The maximum Gasteiger partial charge on any atom is 0.274 e. The summed E-state index contributed by atoms with van der Waals surface area (Å²) in [6, 6.07) is 10.4. The Morgan fingerprint density at radius 1 is 1.15 bits per heavy atom. The van der Waals surface area contributed by atoms with Gasteiger partial charge in [-0.25, -0.2) is 0 Å². The summed E-state index contributed by atoms with van der Waals surface area (Å²) in [5.74, 6) is 0.0835. The number of para-hydroxylation sites is 2. The second-order valence-corrected chi connectivity index (χ2v) is 6.02. The average Bonchev–Trinajstić information content (AvgIpc) is 2.64. The number of nitrogens with one attached hydrogen (secondary N) is 1. The van der Waals surface area contributed by atoms with Gasteiger partial charge >= 0.3 is 0 Å². The van der Waals surface area contributed by atoms with Crippen molar-refractivity contribution < 1.29 is 14.3 Å². The number of benzene rings is 1. The van der Waals surface area contributed by atoms with Gasteiger partial charge in [-0.2, -0.15) is 0 Å². The van der Waals surface area contributed by atoms with Crippen LogP contribution in [-0.2, 0) is 0 Å². The molecule has 1 aromatic carbocycles. The molecule has 1 heterocycles. The molecule has 0 aliphatic rings. The Morgan fingerprint density at radius 2 is 1.85 bits per heavy atom. The molecule has 2 rings (SSSR count). The van der Waals surface area contributed by atoms with Crippen LogP contribution >= 0.6 is 0 Å². The van der Waals surface area contributed by atoms with Gasteiger partial charge in [0.05, 0.1) is 11.8 Å². The van der Waals surface area contributed by atoms with Crippen molar-refractivity contribution in [1.82, 2.24) is 9.88 Å². The first-order chi connectivity index (χ1) is 12.5. The first-order valence-electron chi connectivity index (χ1n) is 8.78. The molecule has 0 aliphatic carbocycles. The number of rotatable bonds is 7. The monoisotopic (exact) mass is 355 g/mol. The van der Waals surface area contributed by atoms with Crippen LogP contribution in [0.15, 0.2) is 42.6 Å². The van der Waals surface area contributed by atoms with Crippen molar-refractivity contribution in [2.75, 3.05) is 18.4 Å². The van der Waals surface area contributed by atoms with Gasteiger partial charge in [-0.1, -0.05) is 12.1 Å². The largest absolute Gasteiger partial charge is 0.489 e. The quantitative estimate of drug-likeness (QED) is 0.824. The van der Waals surface area contributed by atoms with Crippen LogP contribution in [0.4, 0.5) is 5.69 Å². The normalized spacial score (nSPS) is 10.5. The number of hydrogen-bond acceptors (Lipinski definition) is 4. The zero-order chi connectivity index (χ0) is 19.1. The molecule has 0 spiro atoms. The van der Waals surface area contributed by atoms with Crippen LogP contribution in [0.1, 0.15) is 48.5 Å². The van der Waals surface area contributed by atoms with Gasteiger partial charge in [0.1, 0.15) is 11.4 Å². The van der Waals surface area contributed by atoms with E-state index in [1.165, 1.54) is 12.3 Å². The first-order valence-corrected chi connectivity index (χ1v) is 8.78. The van der Waals surface area contributed by atoms with E-state index < -0.39 is 0 Å². The van der Waals surface area contributed by atoms with E-state index in [1.54, 1.807) is 23.1 Å². The average molecular weight is 355 g/mol. The highest BCUT2D eigenvalue weighted by Gasteiger charge is 2.16. The van der Waals surface area contributed by atoms with Crippen molar-refractivity contribution in [3.8, 4) is 5.75 Å². The Kier molecular flexibility index (Phi) is 6.72. The molecule has 6 nitrogen and oxygen atoms in total. The molecule has 0 saturated heterocycles. The molecule has 1 N–H and O–H groups in total. The van der Waals surface area contributed by atoms with E-state index in [-0.39, 0.29) is 23.6 Å². The van der Waals surface area contributed by atoms with Gasteiger partial charge in [0.25, 0.3) is 11.8 Å². The number of aromatic nitrogens is 1. The topological polar surface area (TPSA) is 71.5 Å². The summed E-state index contributed by atoms with van der Waals surface area (Å²) in [6.45, 7) is 8.90. The second-order valence-electron chi connectivity index (χ2n) is 6.02. The number of nitrogens with zero attached hydrogens (tertiary/aromatic N) is 2. The number of carbonyl (C=O) groups excluding carboxylic acids is 2. The van der Waals surface area contributed by atoms with Gasteiger partial charge in [-0.15, -0.1) is 0 Å². The van der Waals surface area contributed by atoms with E-state index in [9.17, 15) is 9.59 Å². The molecule has 2 amide bonds. The zero-order valence-corrected chi connectivity index (χ0v) is 15.7. The molecule has 0 unspecified atom stereocenters. The predicted octanol–water partition coefficient (Wildman–Crippen LogP) is 3.60. The molecule has 0 bridgehead atoms. The molecule has 0 radical (unpaired) electrons. The smallest absolute Gasteiger partial charge is 0.274 e. The Balaban J connectivity index is 2.21. The van der Waals surface area contributed by atoms with Crippen molar-refractivity contribution in [3.05, 3.63) is 53.9 Å². The second kappa shape index (κ2) is 8.99. The van der Waals surface area contributed by atoms with E-state index in [0.29, 0.717) is 30.1 Å². The lowest BCUT2D eigenvalue weighted by molar-refractivity contribution is 0.0773. The van der Waals surface area contributed by atoms with Gasteiger partial charge in [0, 0.05) is 24.8 Å². The molecule has 2 aromatic rings. The number of anilines is 1. The summed E-state index contributed by atoms with van der Waals surface area (Å²) in [5, 5.41) is 2.80. The lowest BCUT2D eigenvalue weighted by Crippen LogP contribution is -2.30. The molecule has 0 saturated carbocycles. The molecular formula is C20H25N3O3. The van der Waals surface area contributed by atoms with E-state index in [0.717, 1.165) is 0 Å². The lowest BCUT2D eigenvalue weighted by atomic mass is 10.2. The predicted molar refractivity (Wildman–Crippen MR) is 102 cm³/mol. The summed E-state index contributed by atoms with van der Waals surface area (Å²) < 4.78 is 5.71. The van der Waals surface area contributed by atoms with Gasteiger partial charge in [0.15, 0.2) is 0 Å². The Labute approximate surface area is 154 Å². The van der Waals surface area contributed by atoms with E-state index in [1.807, 2.05) is 39.8 Å². The van der Waals surface area contributed by atoms with Crippen LogP contribution in [0.25, 0.3) is 0 Å².